The van der Waals surface area contributed by atoms with Crippen molar-refractivity contribution in [2.75, 3.05) is 13.2 Å². The van der Waals surface area contributed by atoms with E-state index in [2.05, 4.69) is 10.5 Å². The quantitative estimate of drug-likeness (QED) is 0.872. The molecule has 2 aromatic rings. The highest BCUT2D eigenvalue weighted by atomic mass is 19.4. The Morgan fingerprint density at radius 3 is 2.88 bits per heavy atom. The van der Waals surface area contributed by atoms with Crippen LogP contribution in [-0.2, 0) is 12.8 Å². The lowest BCUT2D eigenvalue weighted by Crippen LogP contribution is -2.28. The first-order chi connectivity index (χ1) is 11.5. The monoisotopic (exact) mass is 342 g/mol. The number of rotatable bonds is 6. The predicted octanol–water partition coefficient (Wildman–Crippen LogP) is 3.40. The van der Waals surface area contributed by atoms with Gasteiger partial charge in [0, 0.05) is 12.1 Å². The first kappa shape index (κ1) is 16.6. The number of nitrogens with zero attached hydrogens (tertiary/aromatic N) is 1. The van der Waals surface area contributed by atoms with Gasteiger partial charge in [-0.15, -0.1) is 0 Å². The Bertz CT molecular complexity index is 667. The molecule has 1 fully saturated rings. The highest BCUT2D eigenvalue weighted by molar-refractivity contribution is 5.30. The zero-order valence-electron chi connectivity index (χ0n) is 12.8. The van der Waals surface area contributed by atoms with E-state index in [1.165, 1.54) is 12.1 Å². The predicted molar refractivity (Wildman–Crippen MR) is 78.8 cm³/mol. The Labute approximate surface area is 136 Å². The maximum absolute atomic E-state index is 12.6. The number of nitrogens with one attached hydrogen (secondary N) is 1. The van der Waals surface area contributed by atoms with E-state index >= 15 is 0 Å². The molecule has 1 N–H and O–H groups in total. The first-order valence-corrected chi connectivity index (χ1v) is 7.62. The number of hydrogen-bond acceptors (Lipinski definition) is 5. The van der Waals surface area contributed by atoms with E-state index in [9.17, 15) is 13.2 Å². The van der Waals surface area contributed by atoms with Crippen LogP contribution in [0.2, 0.25) is 0 Å². The molecule has 1 aromatic carbocycles. The molecule has 0 spiro atoms. The Balaban J connectivity index is 1.51. The van der Waals surface area contributed by atoms with Gasteiger partial charge in [0.2, 0.25) is 0 Å². The highest BCUT2D eigenvalue weighted by Gasteiger charge is 2.30. The van der Waals surface area contributed by atoms with Gasteiger partial charge >= 0.3 is 6.18 Å². The van der Waals surface area contributed by atoms with E-state index in [0.29, 0.717) is 24.3 Å². The molecule has 1 atom stereocenters. The molecule has 2 heterocycles. The van der Waals surface area contributed by atoms with Crippen molar-refractivity contribution in [3.8, 4) is 11.6 Å². The second kappa shape index (κ2) is 7.12. The molecule has 1 unspecified atom stereocenters. The lowest BCUT2D eigenvalue weighted by molar-refractivity contribution is -0.137. The van der Waals surface area contributed by atoms with E-state index in [1.807, 2.05) is 0 Å². The van der Waals surface area contributed by atoms with Crippen LogP contribution >= 0.6 is 0 Å². The molecule has 1 aromatic heterocycles. The van der Waals surface area contributed by atoms with Gasteiger partial charge in [0.05, 0.1) is 5.56 Å². The fraction of sp³-hybridized carbons (Fsp3) is 0.438. The average Bonchev–Trinajstić information content (AvgIpc) is 3.22. The summed E-state index contributed by atoms with van der Waals surface area (Å²) < 4.78 is 53.8. The summed E-state index contributed by atoms with van der Waals surface area (Å²) in [4.78, 5) is 0. The van der Waals surface area contributed by atoms with Crippen LogP contribution in [0.25, 0.3) is 0 Å². The number of aromatic nitrogens is 1. The lowest BCUT2D eigenvalue weighted by Gasteiger charge is -2.09. The fourth-order valence-corrected chi connectivity index (χ4v) is 2.43. The molecule has 8 heteroatoms. The minimum Gasteiger partial charge on any atom is -0.486 e. The zero-order valence-corrected chi connectivity index (χ0v) is 12.8. The summed E-state index contributed by atoms with van der Waals surface area (Å²) in [5.41, 5.74) is -0.759. The number of benzene rings is 1. The number of hydrogen-bond donors (Lipinski definition) is 1. The van der Waals surface area contributed by atoms with Gasteiger partial charge in [0.15, 0.2) is 5.76 Å². The molecule has 1 aliphatic rings. The van der Waals surface area contributed by atoms with Gasteiger partial charge in [0.25, 0.3) is 5.88 Å². The van der Waals surface area contributed by atoms with E-state index in [4.69, 9.17) is 14.0 Å². The van der Waals surface area contributed by atoms with Crippen molar-refractivity contribution in [1.82, 2.24) is 10.5 Å². The third kappa shape index (κ3) is 4.41. The summed E-state index contributed by atoms with van der Waals surface area (Å²) in [6, 6.07) is 6.56. The molecule has 1 aliphatic heterocycles. The van der Waals surface area contributed by atoms with Crippen molar-refractivity contribution in [3.05, 3.63) is 41.7 Å². The van der Waals surface area contributed by atoms with Crippen molar-refractivity contribution in [3.63, 3.8) is 0 Å². The Morgan fingerprint density at radius 2 is 2.12 bits per heavy atom. The van der Waals surface area contributed by atoms with Crippen LogP contribution in [0.5, 0.6) is 11.6 Å². The van der Waals surface area contributed by atoms with Crippen LogP contribution in [-0.4, -0.2) is 24.4 Å². The van der Waals surface area contributed by atoms with Crippen LogP contribution in [0.15, 0.2) is 34.9 Å². The molecule has 0 radical (unpaired) electrons. The maximum Gasteiger partial charge on any atom is 0.416 e. The lowest BCUT2D eigenvalue weighted by atomic mass is 10.2. The molecule has 130 valence electrons. The number of alkyl halides is 3. The summed E-state index contributed by atoms with van der Waals surface area (Å²) in [5.74, 6) is 0.826. The normalized spacial score (nSPS) is 17.9. The Morgan fingerprint density at radius 1 is 1.25 bits per heavy atom. The van der Waals surface area contributed by atoms with Gasteiger partial charge in [0.1, 0.15) is 19.0 Å². The minimum absolute atomic E-state index is 0.0284. The molecule has 3 rings (SSSR count). The molecule has 24 heavy (non-hydrogen) atoms. The van der Waals surface area contributed by atoms with Crippen LogP contribution in [0.4, 0.5) is 13.2 Å². The second-order valence-electron chi connectivity index (χ2n) is 5.55. The molecular weight excluding hydrogens is 325 g/mol. The van der Waals surface area contributed by atoms with Gasteiger partial charge in [-0.2, -0.15) is 13.2 Å². The van der Waals surface area contributed by atoms with Gasteiger partial charge < -0.3 is 19.3 Å². The minimum atomic E-state index is -4.40. The molecule has 0 amide bonds. The van der Waals surface area contributed by atoms with E-state index < -0.39 is 11.7 Å². The second-order valence-corrected chi connectivity index (χ2v) is 5.55. The average molecular weight is 342 g/mol. The standard InChI is InChI=1S/C16H17F3N2O3/c17-16(18,19)11-3-1-5-13(7-11)22-10-14-8-15(21-24-14)23-9-12-4-2-6-20-12/h1,3,5,7-8,12,20H,2,4,6,9-10H2. The van der Waals surface area contributed by atoms with Crippen LogP contribution in [0.3, 0.4) is 0 Å². The molecule has 0 aliphatic carbocycles. The molecule has 0 saturated carbocycles. The van der Waals surface area contributed by atoms with Crippen molar-refractivity contribution < 1.29 is 27.2 Å². The summed E-state index contributed by atoms with van der Waals surface area (Å²) in [7, 11) is 0. The summed E-state index contributed by atoms with van der Waals surface area (Å²) in [5, 5.41) is 7.06. The molecule has 1 saturated heterocycles. The summed E-state index contributed by atoms with van der Waals surface area (Å²) in [6.45, 7) is 1.46. The van der Waals surface area contributed by atoms with Crippen LogP contribution in [0, 0.1) is 0 Å². The molecule has 5 nitrogen and oxygen atoms in total. The van der Waals surface area contributed by atoms with Gasteiger partial charge in [-0.3, -0.25) is 0 Å². The van der Waals surface area contributed by atoms with Gasteiger partial charge in [-0.05, 0) is 42.7 Å². The van der Waals surface area contributed by atoms with Crippen molar-refractivity contribution in [1.29, 1.82) is 0 Å². The fourth-order valence-electron chi connectivity index (χ4n) is 2.43. The summed E-state index contributed by atoms with van der Waals surface area (Å²) >= 11 is 0. The smallest absolute Gasteiger partial charge is 0.416 e. The van der Waals surface area contributed by atoms with Crippen molar-refractivity contribution in [2.45, 2.75) is 31.7 Å². The van der Waals surface area contributed by atoms with E-state index in [1.54, 1.807) is 6.07 Å². The highest BCUT2D eigenvalue weighted by Crippen LogP contribution is 2.31. The molecular formula is C16H17F3N2O3. The number of ether oxygens (including phenoxy) is 2. The Hall–Kier alpha value is -2.22. The topological polar surface area (TPSA) is 56.5 Å². The SMILES string of the molecule is FC(F)(F)c1cccc(OCc2cc(OCC3CCCN3)no2)c1. The third-order valence-electron chi connectivity index (χ3n) is 3.67. The van der Waals surface area contributed by atoms with Gasteiger partial charge in [-0.1, -0.05) is 6.07 Å². The number of halogens is 3. The van der Waals surface area contributed by atoms with Gasteiger partial charge in [-0.25, -0.2) is 0 Å². The van der Waals surface area contributed by atoms with Crippen LogP contribution < -0.4 is 14.8 Å². The summed E-state index contributed by atoms with van der Waals surface area (Å²) in [6.07, 6.45) is -2.22. The van der Waals surface area contributed by atoms with E-state index in [0.717, 1.165) is 31.5 Å². The van der Waals surface area contributed by atoms with Crippen molar-refractivity contribution in [2.24, 2.45) is 0 Å². The third-order valence-corrected chi connectivity index (χ3v) is 3.67. The maximum atomic E-state index is 12.6. The van der Waals surface area contributed by atoms with E-state index in [-0.39, 0.29) is 12.4 Å². The largest absolute Gasteiger partial charge is 0.486 e. The first-order valence-electron chi connectivity index (χ1n) is 7.62. The zero-order chi connectivity index (χ0) is 17.0. The van der Waals surface area contributed by atoms with Crippen LogP contribution in [0.1, 0.15) is 24.2 Å². The van der Waals surface area contributed by atoms with Crippen molar-refractivity contribution >= 4 is 0 Å². The Kier molecular flexibility index (Phi) is 4.94. The molecule has 0 bridgehead atoms.